The molecule has 8 heteroatoms. The van der Waals surface area contributed by atoms with Gasteiger partial charge in [-0.25, -0.2) is 4.68 Å². The van der Waals surface area contributed by atoms with Crippen LogP contribution in [0.3, 0.4) is 0 Å². The quantitative estimate of drug-likeness (QED) is 0.892. The Hall–Kier alpha value is -1.47. The van der Waals surface area contributed by atoms with Gasteiger partial charge in [0.2, 0.25) is 0 Å². The molecule has 0 aliphatic heterocycles. The highest BCUT2D eigenvalue weighted by Crippen LogP contribution is 2.11. The second kappa shape index (κ2) is 7.35. The molecule has 0 fully saturated rings. The van der Waals surface area contributed by atoms with E-state index in [1.807, 2.05) is 30.8 Å². The molecule has 0 amide bonds. The van der Waals surface area contributed by atoms with Crippen molar-refractivity contribution in [3.05, 3.63) is 35.9 Å². The third kappa shape index (κ3) is 4.01. The van der Waals surface area contributed by atoms with Crippen molar-refractivity contribution in [1.82, 2.24) is 24.9 Å². The molecule has 0 aromatic carbocycles. The van der Waals surface area contributed by atoms with Crippen LogP contribution >= 0.6 is 12.4 Å². The van der Waals surface area contributed by atoms with E-state index in [0.717, 1.165) is 5.69 Å². The predicted molar refractivity (Wildman–Crippen MR) is 73.9 cm³/mol. The summed E-state index contributed by atoms with van der Waals surface area (Å²) >= 11 is 0. The molecule has 0 aliphatic rings. The first kappa shape index (κ1) is 16.6. The summed E-state index contributed by atoms with van der Waals surface area (Å²) in [5.41, 5.74) is 1.34. The van der Waals surface area contributed by atoms with Crippen LogP contribution in [0.5, 0.6) is 0 Å². The van der Waals surface area contributed by atoms with Crippen molar-refractivity contribution < 1.29 is 8.78 Å². The molecule has 0 atom stereocenters. The zero-order valence-corrected chi connectivity index (χ0v) is 12.1. The van der Waals surface area contributed by atoms with Gasteiger partial charge in [0, 0.05) is 31.5 Å². The predicted octanol–water partition coefficient (Wildman–Crippen LogP) is 2.77. The van der Waals surface area contributed by atoms with E-state index in [2.05, 4.69) is 15.5 Å². The molecule has 1 N–H and O–H groups in total. The van der Waals surface area contributed by atoms with Gasteiger partial charge in [0.15, 0.2) is 0 Å². The summed E-state index contributed by atoms with van der Waals surface area (Å²) < 4.78 is 27.7. The normalized spacial score (nSPS) is 11.1. The lowest BCUT2D eigenvalue weighted by Crippen LogP contribution is -2.17. The summed E-state index contributed by atoms with van der Waals surface area (Å²) in [6.45, 7) is 2.36. The molecular formula is C12H18ClF2N5. The lowest BCUT2D eigenvalue weighted by atomic mass is 10.4. The molecule has 20 heavy (non-hydrogen) atoms. The van der Waals surface area contributed by atoms with Gasteiger partial charge in [-0.1, -0.05) is 0 Å². The number of hydrogen-bond acceptors (Lipinski definition) is 3. The van der Waals surface area contributed by atoms with Crippen LogP contribution in [0.1, 0.15) is 37.8 Å². The Morgan fingerprint density at radius 1 is 1.25 bits per heavy atom. The van der Waals surface area contributed by atoms with Gasteiger partial charge in [-0.2, -0.15) is 19.0 Å². The van der Waals surface area contributed by atoms with E-state index < -0.39 is 6.55 Å². The van der Waals surface area contributed by atoms with Crippen molar-refractivity contribution in [3.63, 3.8) is 0 Å². The van der Waals surface area contributed by atoms with Gasteiger partial charge in [0.1, 0.15) is 0 Å². The maximum Gasteiger partial charge on any atom is 0.333 e. The lowest BCUT2D eigenvalue weighted by molar-refractivity contribution is 0.0531. The van der Waals surface area contributed by atoms with Crippen LogP contribution < -0.4 is 5.32 Å². The Morgan fingerprint density at radius 3 is 2.60 bits per heavy atom. The van der Waals surface area contributed by atoms with Crippen LogP contribution in [0.2, 0.25) is 0 Å². The number of halogens is 3. The van der Waals surface area contributed by atoms with Crippen molar-refractivity contribution >= 4 is 12.4 Å². The van der Waals surface area contributed by atoms with Crippen LogP contribution in [0.15, 0.2) is 24.5 Å². The average molecular weight is 306 g/mol. The Balaban J connectivity index is 0.00000200. The molecular weight excluding hydrogens is 288 g/mol. The van der Waals surface area contributed by atoms with E-state index in [0.29, 0.717) is 29.5 Å². The fourth-order valence-electron chi connectivity index (χ4n) is 1.74. The minimum atomic E-state index is -2.60. The number of rotatable bonds is 6. The molecule has 0 unspecified atom stereocenters. The van der Waals surface area contributed by atoms with E-state index in [1.165, 1.54) is 6.20 Å². The maximum atomic E-state index is 12.6. The van der Waals surface area contributed by atoms with Gasteiger partial charge in [0.05, 0.1) is 11.4 Å². The van der Waals surface area contributed by atoms with Crippen LogP contribution in [0.4, 0.5) is 8.78 Å². The first-order valence-electron chi connectivity index (χ1n) is 6.13. The van der Waals surface area contributed by atoms with E-state index >= 15 is 0 Å². The molecule has 112 valence electrons. The second-order valence-electron chi connectivity index (χ2n) is 4.53. The van der Waals surface area contributed by atoms with Gasteiger partial charge >= 0.3 is 6.55 Å². The minimum Gasteiger partial charge on any atom is -0.305 e. The summed E-state index contributed by atoms with van der Waals surface area (Å²) in [4.78, 5) is 0. The van der Waals surface area contributed by atoms with Crippen LogP contribution in [-0.4, -0.2) is 19.6 Å². The summed E-state index contributed by atoms with van der Waals surface area (Å²) in [6.07, 6.45) is 3.28. The average Bonchev–Trinajstić information content (AvgIpc) is 2.97. The van der Waals surface area contributed by atoms with Gasteiger partial charge in [-0.3, -0.25) is 4.68 Å². The zero-order valence-electron chi connectivity index (χ0n) is 11.3. The van der Waals surface area contributed by atoms with E-state index in [-0.39, 0.29) is 12.4 Å². The number of nitrogens with one attached hydrogen (secondary N) is 1. The molecule has 2 heterocycles. The van der Waals surface area contributed by atoms with E-state index in [4.69, 9.17) is 0 Å². The minimum absolute atomic E-state index is 0. The van der Waals surface area contributed by atoms with Crippen molar-refractivity contribution in [2.45, 2.75) is 39.5 Å². The highest BCUT2D eigenvalue weighted by Gasteiger charge is 2.11. The van der Waals surface area contributed by atoms with Gasteiger partial charge < -0.3 is 5.32 Å². The van der Waals surface area contributed by atoms with Crippen molar-refractivity contribution in [1.29, 1.82) is 0 Å². The SMILES string of the molecule is CC(C)n1ccc(CNCc2ccnn2C(F)F)n1.Cl. The lowest BCUT2D eigenvalue weighted by Gasteiger charge is -2.07. The van der Waals surface area contributed by atoms with Gasteiger partial charge in [-0.05, 0) is 26.0 Å². The number of nitrogens with zero attached hydrogens (tertiary/aromatic N) is 4. The van der Waals surface area contributed by atoms with Crippen molar-refractivity contribution in [2.75, 3.05) is 0 Å². The molecule has 0 aliphatic carbocycles. The molecule has 0 radical (unpaired) electrons. The Labute approximate surface area is 122 Å². The van der Waals surface area contributed by atoms with Crippen molar-refractivity contribution in [2.24, 2.45) is 0 Å². The van der Waals surface area contributed by atoms with Gasteiger partial charge in [-0.15, -0.1) is 12.4 Å². The topological polar surface area (TPSA) is 47.7 Å². The second-order valence-corrected chi connectivity index (χ2v) is 4.53. The number of aromatic nitrogens is 4. The number of hydrogen-bond donors (Lipinski definition) is 1. The molecule has 2 aromatic rings. The van der Waals surface area contributed by atoms with Crippen molar-refractivity contribution in [3.8, 4) is 0 Å². The molecule has 0 bridgehead atoms. The highest BCUT2D eigenvalue weighted by molar-refractivity contribution is 5.85. The molecule has 2 aromatic heterocycles. The molecule has 0 saturated carbocycles. The largest absolute Gasteiger partial charge is 0.333 e. The Morgan fingerprint density at radius 2 is 2.00 bits per heavy atom. The zero-order chi connectivity index (χ0) is 13.8. The molecule has 0 spiro atoms. The first-order valence-corrected chi connectivity index (χ1v) is 6.13. The highest BCUT2D eigenvalue weighted by atomic mass is 35.5. The van der Waals surface area contributed by atoms with Crippen LogP contribution in [-0.2, 0) is 13.1 Å². The molecule has 2 rings (SSSR count). The molecule has 0 saturated heterocycles. The maximum absolute atomic E-state index is 12.6. The molecule has 5 nitrogen and oxygen atoms in total. The van der Waals surface area contributed by atoms with Crippen LogP contribution in [0, 0.1) is 0 Å². The Kier molecular flexibility index (Phi) is 6.09. The third-order valence-electron chi connectivity index (χ3n) is 2.74. The standard InChI is InChI=1S/C12H17F2N5.ClH/c1-9(2)18-6-4-10(17-18)7-15-8-11-3-5-16-19(11)12(13)14;/h3-6,9,12,15H,7-8H2,1-2H3;1H. The Bertz CT molecular complexity index is 523. The fraction of sp³-hybridized carbons (Fsp3) is 0.500. The van der Waals surface area contributed by atoms with E-state index in [1.54, 1.807) is 6.07 Å². The van der Waals surface area contributed by atoms with Crippen LogP contribution in [0.25, 0.3) is 0 Å². The summed E-state index contributed by atoms with van der Waals surface area (Å²) in [7, 11) is 0. The first-order chi connectivity index (χ1) is 9.08. The van der Waals surface area contributed by atoms with Gasteiger partial charge in [0.25, 0.3) is 0 Å². The monoisotopic (exact) mass is 305 g/mol. The van der Waals surface area contributed by atoms with E-state index in [9.17, 15) is 8.78 Å². The third-order valence-corrected chi connectivity index (χ3v) is 2.74. The summed E-state index contributed by atoms with van der Waals surface area (Å²) in [6, 6.07) is 3.80. The summed E-state index contributed by atoms with van der Waals surface area (Å²) in [5.74, 6) is 0. The smallest absolute Gasteiger partial charge is 0.305 e. The fourth-order valence-corrected chi connectivity index (χ4v) is 1.74. The number of alkyl halides is 2. The summed E-state index contributed by atoms with van der Waals surface area (Å²) in [5, 5.41) is 11.0.